The van der Waals surface area contributed by atoms with Gasteiger partial charge in [-0.05, 0) is 33.1 Å². The van der Waals surface area contributed by atoms with Crippen LogP contribution in [0.5, 0.6) is 0 Å². The molecule has 2 fully saturated rings. The Balaban J connectivity index is 1.62. The van der Waals surface area contributed by atoms with E-state index in [1.165, 1.54) is 6.39 Å². The minimum atomic E-state index is -0.415. The standard InChI is InChI=1S/C19H24N4O5/c1-12-8-14(21-28-12)17(25)22-7-5-19(10-24)4-3-6-23(15(19)9-22)18(26)16-13(2)27-11-20-16/h8,11,15,24H,3-7,9-10H2,1-2H3/t15-,19-/m1/s1. The lowest BCUT2D eigenvalue weighted by atomic mass is 9.68. The smallest absolute Gasteiger partial charge is 0.276 e. The summed E-state index contributed by atoms with van der Waals surface area (Å²) in [5, 5.41) is 14.0. The van der Waals surface area contributed by atoms with Gasteiger partial charge in [-0.2, -0.15) is 0 Å². The third kappa shape index (κ3) is 2.99. The first-order chi connectivity index (χ1) is 13.4. The van der Waals surface area contributed by atoms with Crippen molar-refractivity contribution in [3.05, 3.63) is 35.4 Å². The highest BCUT2D eigenvalue weighted by Gasteiger charge is 2.50. The molecule has 2 aliphatic heterocycles. The monoisotopic (exact) mass is 388 g/mol. The van der Waals surface area contributed by atoms with Crippen LogP contribution < -0.4 is 0 Å². The SMILES string of the molecule is Cc1cc(C(=O)N2CC[C@@]3(CO)CCCN(C(=O)c4ncoc4C)[C@@H]3C2)no1. The predicted molar refractivity (Wildman–Crippen MR) is 96.6 cm³/mol. The Morgan fingerprint density at radius 1 is 1.29 bits per heavy atom. The van der Waals surface area contributed by atoms with E-state index in [0.717, 1.165) is 12.8 Å². The van der Waals surface area contributed by atoms with Gasteiger partial charge < -0.3 is 23.8 Å². The Bertz CT molecular complexity index is 891. The maximum atomic E-state index is 13.1. The van der Waals surface area contributed by atoms with E-state index in [4.69, 9.17) is 8.94 Å². The second-order valence-corrected chi connectivity index (χ2v) is 7.72. The maximum absolute atomic E-state index is 13.1. The van der Waals surface area contributed by atoms with Crippen molar-refractivity contribution in [1.29, 1.82) is 0 Å². The highest BCUT2D eigenvalue weighted by atomic mass is 16.5. The number of aryl methyl sites for hydroxylation is 2. The number of carbonyl (C=O) groups excluding carboxylic acids is 2. The van der Waals surface area contributed by atoms with Crippen LogP contribution in [0.4, 0.5) is 0 Å². The minimum Gasteiger partial charge on any atom is -0.448 e. The molecule has 9 heteroatoms. The molecule has 4 heterocycles. The largest absolute Gasteiger partial charge is 0.448 e. The number of piperidine rings is 2. The number of rotatable bonds is 3. The van der Waals surface area contributed by atoms with Crippen LogP contribution in [-0.4, -0.2) is 69.1 Å². The van der Waals surface area contributed by atoms with Crippen LogP contribution in [0.3, 0.4) is 0 Å². The highest BCUT2D eigenvalue weighted by Crippen LogP contribution is 2.42. The third-order valence-corrected chi connectivity index (χ3v) is 6.09. The molecule has 1 N–H and O–H groups in total. The molecular formula is C19H24N4O5. The fourth-order valence-corrected chi connectivity index (χ4v) is 4.46. The van der Waals surface area contributed by atoms with E-state index < -0.39 is 5.41 Å². The third-order valence-electron chi connectivity index (χ3n) is 6.09. The summed E-state index contributed by atoms with van der Waals surface area (Å²) in [5.41, 5.74) is 0.126. The first kappa shape index (κ1) is 18.7. The number of hydrogen-bond acceptors (Lipinski definition) is 7. The molecule has 150 valence electrons. The van der Waals surface area contributed by atoms with Gasteiger partial charge in [-0.15, -0.1) is 0 Å². The van der Waals surface area contributed by atoms with Crippen LogP contribution >= 0.6 is 0 Å². The van der Waals surface area contributed by atoms with Crippen molar-refractivity contribution in [3.63, 3.8) is 0 Å². The van der Waals surface area contributed by atoms with E-state index in [-0.39, 0.29) is 35.9 Å². The first-order valence-corrected chi connectivity index (χ1v) is 9.50. The van der Waals surface area contributed by atoms with Gasteiger partial charge in [0, 0.05) is 31.1 Å². The van der Waals surface area contributed by atoms with Crippen LogP contribution in [-0.2, 0) is 0 Å². The number of hydrogen-bond donors (Lipinski definition) is 1. The maximum Gasteiger partial charge on any atom is 0.276 e. The number of carbonyl (C=O) groups is 2. The number of nitrogens with zero attached hydrogens (tertiary/aromatic N) is 4. The molecule has 2 atom stereocenters. The van der Waals surface area contributed by atoms with Gasteiger partial charge in [-0.25, -0.2) is 4.98 Å². The van der Waals surface area contributed by atoms with E-state index >= 15 is 0 Å². The average molecular weight is 388 g/mol. The van der Waals surface area contributed by atoms with E-state index in [1.807, 2.05) is 0 Å². The summed E-state index contributed by atoms with van der Waals surface area (Å²) in [4.78, 5) is 33.5. The fourth-order valence-electron chi connectivity index (χ4n) is 4.46. The lowest BCUT2D eigenvalue weighted by molar-refractivity contribution is -0.0582. The molecule has 0 bridgehead atoms. The Morgan fingerprint density at radius 2 is 2.11 bits per heavy atom. The zero-order valence-electron chi connectivity index (χ0n) is 16.1. The van der Waals surface area contributed by atoms with Crippen LogP contribution in [0.25, 0.3) is 0 Å². The molecule has 2 amide bonds. The molecule has 2 aliphatic rings. The molecule has 0 saturated carbocycles. The van der Waals surface area contributed by atoms with Gasteiger partial charge in [0.05, 0.1) is 12.6 Å². The second kappa shape index (κ2) is 7.05. The molecule has 0 radical (unpaired) electrons. The summed E-state index contributed by atoms with van der Waals surface area (Å²) in [6, 6.07) is 1.32. The Labute approximate surface area is 162 Å². The molecule has 28 heavy (non-hydrogen) atoms. The lowest BCUT2D eigenvalue weighted by Gasteiger charge is -2.54. The van der Waals surface area contributed by atoms with Crippen molar-refractivity contribution >= 4 is 11.8 Å². The van der Waals surface area contributed by atoms with Crippen LogP contribution in [0.15, 0.2) is 21.4 Å². The van der Waals surface area contributed by atoms with Crippen LogP contribution in [0.1, 0.15) is 51.8 Å². The van der Waals surface area contributed by atoms with Crippen molar-refractivity contribution in [1.82, 2.24) is 19.9 Å². The van der Waals surface area contributed by atoms with Crippen molar-refractivity contribution in [2.45, 2.75) is 39.2 Å². The summed E-state index contributed by atoms with van der Waals surface area (Å²) in [5.74, 6) is 0.590. The topological polar surface area (TPSA) is 113 Å². The highest BCUT2D eigenvalue weighted by molar-refractivity contribution is 5.94. The Morgan fingerprint density at radius 3 is 2.75 bits per heavy atom. The number of aromatic nitrogens is 2. The lowest BCUT2D eigenvalue weighted by Crippen LogP contribution is -2.64. The fraction of sp³-hybridized carbons (Fsp3) is 0.579. The minimum absolute atomic E-state index is 0.0235. The Kier molecular flexibility index (Phi) is 4.70. The van der Waals surface area contributed by atoms with E-state index in [0.29, 0.717) is 37.6 Å². The zero-order chi connectivity index (χ0) is 19.9. The van der Waals surface area contributed by atoms with Crippen molar-refractivity contribution in [3.8, 4) is 0 Å². The second-order valence-electron chi connectivity index (χ2n) is 7.72. The molecular weight excluding hydrogens is 364 g/mol. The predicted octanol–water partition coefficient (Wildman–Crippen LogP) is 1.41. The molecule has 9 nitrogen and oxygen atoms in total. The molecule has 2 saturated heterocycles. The van der Waals surface area contributed by atoms with E-state index in [9.17, 15) is 14.7 Å². The molecule has 0 unspecified atom stereocenters. The molecule has 0 spiro atoms. The van der Waals surface area contributed by atoms with Gasteiger partial charge in [-0.3, -0.25) is 9.59 Å². The summed E-state index contributed by atoms with van der Waals surface area (Å²) in [7, 11) is 0. The molecule has 2 aromatic heterocycles. The van der Waals surface area contributed by atoms with Crippen molar-refractivity contribution < 1.29 is 23.6 Å². The molecule has 0 aromatic carbocycles. The number of likely N-dealkylation sites (tertiary alicyclic amines) is 2. The van der Waals surface area contributed by atoms with Gasteiger partial charge >= 0.3 is 0 Å². The Hall–Kier alpha value is -2.68. The summed E-state index contributed by atoms with van der Waals surface area (Å²) in [6.07, 6.45) is 3.50. The number of fused-ring (bicyclic) bond motifs is 1. The molecule has 0 aliphatic carbocycles. The average Bonchev–Trinajstić information content (AvgIpc) is 3.34. The zero-order valence-corrected chi connectivity index (χ0v) is 16.1. The number of amides is 2. The van der Waals surface area contributed by atoms with E-state index in [2.05, 4.69) is 10.1 Å². The van der Waals surface area contributed by atoms with Gasteiger partial charge in [0.15, 0.2) is 17.8 Å². The van der Waals surface area contributed by atoms with Crippen molar-refractivity contribution in [2.75, 3.05) is 26.2 Å². The van der Waals surface area contributed by atoms with Crippen LogP contribution in [0, 0.1) is 19.3 Å². The van der Waals surface area contributed by atoms with Gasteiger partial charge in [0.2, 0.25) is 0 Å². The first-order valence-electron chi connectivity index (χ1n) is 9.50. The summed E-state index contributed by atoms with van der Waals surface area (Å²) in [6.45, 7) is 4.82. The number of aliphatic hydroxyl groups is 1. The number of aliphatic hydroxyl groups excluding tert-OH is 1. The van der Waals surface area contributed by atoms with Gasteiger partial charge in [0.25, 0.3) is 11.8 Å². The molecule has 4 rings (SSSR count). The molecule has 2 aromatic rings. The van der Waals surface area contributed by atoms with E-state index in [1.54, 1.807) is 29.7 Å². The normalized spacial score (nSPS) is 24.9. The summed E-state index contributed by atoms with van der Waals surface area (Å²) < 4.78 is 10.2. The summed E-state index contributed by atoms with van der Waals surface area (Å²) >= 11 is 0. The van der Waals surface area contributed by atoms with Gasteiger partial charge in [0.1, 0.15) is 11.5 Å². The van der Waals surface area contributed by atoms with Crippen molar-refractivity contribution in [2.24, 2.45) is 5.41 Å². The quantitative estimate of drug-likeness (QED) is 0.846. The van der Waals surface area contributed by atoms with Gasteiger partial charge in [-0.1, -0.05) is 5.16 Å². The number of oxazole rings is 1. The van der Waals surface area contributed by atoms with Crippen LogP contribution in [0.2, 0.25) is 0 Å².